The van der Waals surface area contributed by atoms with E-state index in [-0.39, 0.29) is 11.8 Å². The third kappa shape index (κ3) is 6.07. The minimum Gasteiger partial charge on any atom is -0.335 e. The van der Waals surface area contributed by atoms with Crippen molar-refractivity contribution >= 4 is 35.0 Å². The fraction of sp³-hybridized carbons (Fsp3) is 0.194. The number of carbonyl (C=O) groups excluding carboxylic acids is 2. The number of halogens is 2. The molecule has 1 aliphatic rings. The van der Waals surface area contributed by atoms with Gasteiger partial charge in [0, 0.05) is 43.5 Å². The van der Waals surface area contributed by atoms with Crippen LogP contribution >= 0.6 is 23.2 Å². The Balaban J connectivity index is 1.05. The maximum absolute atomic E-state index is 13.3. The molecule has 1 fully saturated rings. The molecule has 0 atom stereocenters. The highest BCUT2D eigenvalue weighted by Crippen LogP contribution is 2.26. The molecule has 6 rings (SSSR count). The van der Waals surface area contributed by atoms with Crippen molar-refractivity contribution in [3.63, 3.8) is 0 Å². The Hall–Kier alpha value is -4.47. The number of aromatic nitrogens is 5. The van der Waals surface area contributed by atoms with Crippen molar-refractivity contribution < 1.29 is 9.59 Å². The summed E-state index contributed by atoms with van der Waals surface area (Å²) < 4.78 is 3.74. The van der Waals surface area contributed by atoms with E-state index >= 15 is 0 Å². The average Bonchev–Trinajstić information content (AvgIpc) is 3.67. The number of imidazole rings is 1. The Kier molecular flexibility index (Phi) is 8.03. The summed E-state index contributed by atoms with van der Waals surface area (Å²) in [5.41, 5.74) is 4.60. The molecule has 0 radical (unpaired) electrons. The normalized spacial score (nSPS) is 13.4. The van der Waals surface area contributed by atoms with Crippen LogP contribution in [0, 0.1) is 0 Å². The van der Waals surface area contributed by atoms with Crippen LogP contribution in [0.5, 0.6) is 0 Å². The van der Waals surface area contributed by atoms with Crippen LogP contribution in [-0.4, -0.2) is 72.3 Å². The molecule has 42 heavy (non-hydrogen) atoms. The predicted molar refractivity (Wildman–Crippen MR) is 161 cm³/mol. The van der Waals surface area contributed by atoms with E-state index in [1.165, 1.54) is 0 Å². The Bertz CT molecular complexity index is 1710. The van der Waals surface area contributed by atoms with Gasteiger partial charge in [0.1, 0.15) is 5.69 Å². The third-order valence-electron chi connectivity index (χ3n) is 7.18. The smallest absolute Gasteiger partial charge is 0.257 e. The lowest BCUT2D eigenvalue weighted by Crippen LogP contribution is -2.50. The fourth-order valence-corrected chi connectivity index (χ4v) is 5.58. The second-order valence-electron chi connectivity index (χ2n) is 10.1. The molecule has 0 saturated carbocycles. The molecule has 212 valence electrons. The number of hydrogen-bond donors (Lipinski definition) is 0. The molecule has 0 unspecified atom stereocenters. The minimum absolute atomic E-state index is 0.0756. The number of benzene rings is 3. The molecule has 2 amide bonds. The van der Waals surface area contributed by atoms with E-state index in [0.717, 1.165) is 22.5 Å². The van der Waals surface area contributed by atoms with Gasteiger partial charge in [-0.05, 0) is 29.8 Å². The minimum atomic E-state index is -0.225. The molecule has 2 aromatic heterocycles. The van der Waals surface area contributed by atoms with E-state index < -0.39 is 0 Å². The van der Waals surface area contributed by atoms with Gasteiger partial charge in [0.25, 0.3) is 11.8 Å². The van der Waals surface area contributed by atoms with Crippen molar-refractivity contribution in [3.8, 4) is 11.3 Å². The molecule has 1 aliphatic heterocycles. The monoisotopic (exact) mass is 599 g/mol. The highest BCUT2D eigenvalue weighted by Gasteiger charge is 2.27. The Morgan fingerprint density at radius 3 is 2.19 bits per heavy atom. The lowest BCUT2D eigenvalue weighted by atomic mass is 10.1. The van der Waals surface area contributed by atoms with Crippen LogP contribution in [0.1, 0.15) is 32.0 Å². The first-order chi connectivity index (χ1) is 20.4. The summed E-state index contributed by atoms with van der Waals surface area (Å²) in [4.78, 5) is 34.3. The van der Waals surface area contributed by atoms with Crippen LogP contribution < -0.4 is 0 Å². The number of piperazine rings is 1. The predicted octanol–water partition coefficient (Wildman–Crippen LogP) is 5.14. The van der Waals surface area contributed by atoms with Crippen LogP contribution in [0.2, 0.25) is 10.0 Å². The maximum atomic E-state index is 13.3. The van der Waals surface area contributed by atoms with E-state index in [2.05, 4.69) is 15.3 Å². The zero-order valence-electron chi connectivity index (χ0n) is 22.6. The van der Waals surface area contributed by atoms with Gasteiger partial charge in [-0.1, -0.05) is 76.9 Å². The quantitative estimate of drug-likeness (QED) is 0.258. The largest absolute Gasteiger partial charge is 0.335 e. The highest BCUT2D eigenvalue weighted by molar-refractivity contribution is 6.39. The number of nitrogens with zero attached hydrogens (tertiary/aromatic N) is 7. The first-order valence-electron chi connectivity index (χ1n) is 13.5. The second kappa shape index (κ2) is 12.2. The van der Waals surface area contributed by atoms with E-state index in [4.69, 9.17) is 23.2 Å². The molecule has 3 aromatic carbocycles. The summed E-state index contributed by atoms with van der Waals surface area (Å²) in [7, 11) is 0. The molecule has 0 aliphatic carbocycles. The summed E-state index contributed by atoms with van der Waals surface area (Å²) in [6, 6.07) is 22.5. The van der Waals surface area contributed by atoms with Gasteiger partial charge >= 0.3 is 0 Å². The van der Waals surface area contributed by atoms with Gasteiger partial charge in [0.15, 0.2) is 0 Å². The van der Waals surface area contributed by atoms with Gasteiger partial charge in [-0.25, -0.2) is 9.67 Å². The topological polar surface area (TPSA) is 89.1 Å². The fourth-order valence-electron chi connectivity index (χ4n) is 5.03. The number of carbonyl (C=O) groups is 2. The van der Waals surface area contributed by atoms with Crippen LogP contribution in [0.3, 0.4) is 0 Å². The summed E-state index contributed by atoms with van der Waals surface area (Å²) in [5, 5.41) is 9.24. The first kappa shape index (κ1) is 27.7. The van der Waals surface area contributed by atoms with Crippen molar-refractivity contribution in [2.45, 2.75) is 13.1 Å². The van der Waals surface area contributed by atoms with Gasteiger partial charge in [-0.15, -0.1) is 5.10 Å². The molecule has 0 spiro atoms. The average molecular weight is 601 g/mol. The molecule has 11 heteroatoms. The van der Waals surface area contributed by atoms with Crippen LogP contribution in [0.15, 0.2) is 91.5 Å². The van der Waals surface area contributed by atoms with Crippen molar-refractivity contribution in [1.82, 2.24) is 34.3 Å². The summed E-state index contributed by atoms with van der Waals surface area (Å²) in [6.07, 6.45) is 5.68. The summed E-state index contributed by atoms with van der Waals surface area (Å²) in [6.45, 7) is 2.67. The lowest BCUT2D eigenvalue weighted by Gasteiger charge is -2.35. The Morgan fingerprint density at radius 1 is 0.762 bits per heavy atom. The zero-order chi connectivity index (χ0) is 29.1. The molecule has 1 saturated heterocycles. The zero-order valence-corrected chi connectivity index (χ0v) is 24.1. The molecule has 0 bridgehead atoms. The Morgan fingerprint density at radius 2 is 1.45 bits per heavy atom. The molecular formula is C31H27Cl2N7O2. The molecule has 3 heterocycles. The van der Waals surface area contributed by atoms with E-state index in [1.54, 1.807) is 39.0 Å². The summed E-state index contributed by atoms with van der Waals surface area (Å²) >= 11 is 12.5. The first-order valence-corrected chi connectivity index (χ1v) is 14.3. The standard InChI is InChI=1S/C31H27Cl2N7O2/c32-26-10-5-11-27(33)29(26)31(42)39-14-12-38(13-15-39)30(41)24-9-4-6-22(16-24)17-40-19-25(35-36-40)18-37-20-28(34-21-37)23-7-2-1-3-8-23/h1-11,16,19-21H,12-15,17-18H2. The van der Waals surface area contributed by atoms with Crippen LogP contribution in [-0.2, 0) is 13.1 Å². The van der Waals surface area contributed by atoms with Crippen LogP contribution in [0.25, 0.3) is 11.3 Å². The number of rotatable bonds is 7. The van der Waals surface area contributed by atoms with E-state index in [1.807, 2.05) is 71.6 Å². The van der Waals surface area contributed by atoms with Crippen molar-refractivity contribution in [1.29, 1.82) is 0 Å². The van der Waals surface area contributed by atoms with Gasteiger partial charge < -0.3 is 14.4 Å². The molecular weight excluding hydrogens is 573 g/mol. The molecule has 9 nitrogen and oxygen atoms in total. The van der Waals surface area contributed by atoms with E-state index in [0.29, 0.717) is 60.4 Å². The van der Waals surface area contributed by atoms with Crippen molar-refractivity contribution in [2.24, 2.45) is 0 Å². The van der Waals surface area contributed by atoms with Gasteiger partial charge in [-0.3, -0.25) is 9.59 Å². The SMILES string of the molecule is O=C(c1cccc(Cn2cc(Cn3cnc(-c4ccccc4)c3)nn2)c1)N1CCN(C(=O)c2c(Cl)cccc2Cl)CC1. The van der Waals surface area contributed by atoms with Gasteiger partial charge in [0.05, 0.1) is 46.9 Å². The number of amides is 2. The third-order valence-corrected chi connectivity index (χ3v) is 7.81. The van der Waals surface area contributed by atoms with Crippen molar-refractivity contribution in [3.05, 3.63) is 124 Å². The van der Waals surface area contributed by atoms with Gasteiger partial charge in [0.2, 0.25) is 0 Å². The highest BCUT2D eigenvalue weighted by atomic mass is 35.5. The van der Waals surface area contributed by atoms with Crippen molar-refractivity contribution in [2.75, 3.05) is 26.2 Å². The lowest BCUT2D eigenvalue weighted by molar-refractivity contribution is 0.0535. The van der Waals surface area contributed by atoms with Crippen LogP contribution in [0.4, 0.5) is 0 Å². The van der Waals surface area contributed by atoms with Gasteiger partial charge in [-0.2, -0.15) is 0 Å². The Labute approximate surface area is 252 Å². The van der Waals surface area contributed by atoms with E-state index in [9.17, 15) is 9.59 Å². The molecule has 0 N–H and O–H groups in total. The number of hydrogen-bond acceptors (Lipinski definition) is 5. The maximum Gasteiger partial charge on any atom is 0.257 e. The summed E-state index contributed by atoms with van der Waals surface area (Å²) in [5.74, 6) is -0.301. The second-order valence-corrected chi connectivity index (χ2v) is 10.9. The molecule has 5 aromatic rings.